The Bertz CT molecular complexity index is 1410. The fourth-order valence-corrected chi connectivity index (χ4v) is 5.08. The van der Waals surface area contributed by atoms with E-state index in [0.717, 1.165) is 11.3 Å². The van der Waals surface area contributed by atoms with Crippen LogP contribution in [0.5, 0.6) is 11.5 Å². The van der Waals surface area contributed by atoms with Crippen LogP contribution in [0.15, 0.2) is 59.4 Å². The first kappa shape index (κ1) is 23.0. The molecule has 9 nitrogen and oxygen atoms in total. The number of piperazine rings is 1. The van der Waals surface area contributed by atoms with Crippen LogP contribution in [0.25, 0.3) is 15.5 Å². The van der Waals surface area contributed by atoms with E-state index in [1.54, 1.807) is 38.5 Å². The highest BCUT2D eigenvalue weighted by atomic mass is 32.1. The Hall–Kier alpha value is -3.76. The molecule has 180 valence electrons. The molecule has 1 aliphatic rings. The fraction of sp³-hybridized carbons (Fsp3) is 0.280. The summed E-state index contributed by atoms with van der Waals surface area (Å²) in [6, 6.07) is 16.3. The summed E-state index contributed by atoms with van der Waals surface area (Å²) in [5, 5.41) is 5.14. The van der Waals surface area contributed by atoms with Gasteiger partial charge in [-0.2, -0.15) is 9.61 Å². The maximum atomic E-state index is 12.8. The molecule has 0 atom stereocenters. The smallest absolute Gasteiger partial charge is 0.275 e. The molecule has 10 heteroatoms. The summed E-state index contributed by atoms with van der Waals surface area (Å²) in [6.45, 7) is 3.18. The lowest BCUT2D eigenvalue weighted by molar-refractivity contribution is 0.0627. The number of nitrogens with zero attached hydrogens (tertiary/aromatic N) is 5. The highest BCUT2D eigenvalue weighted by Gasteiger charge is 2.23. The quantitative estimate of drug-likeness (QED) is 0.410. The van der Waals surface area contributed by atoms with Gasteiger partial charge in [0.1, 0.15) is 11.5 Å². The van der Waals surface area contributed by atoms with Gasteiger partial charge in [0.25, 0.3) is 11.5 Å². The van der Waals surface area contributed by atoms with Crippen molar-refractivity contribution in [3.8, 4) is 22.1 Å². The molecule has 4 aromatic rings. The number of carbonyl (C=O) groups excluding carboxylic acids is 1. The Balaban J connectivity index is 1.27. The summed E-state index contributed by atoms with van der Waals surface area (Å²) >= 11 is 1.36. The number of amides is 1. The van der Waals surface area contributed by atoms with Crippen LogP contribution >= 0.6 is 11.3 Å². The number of ether oxygens (including phenoxy) is 2. The normalized spacial score (nSPS) is 14.3. The molecule has 0 bridgehead atoms. The molecule has 3 heterocycles. The lowest BCUT2D eigenvalue weighted by Crippen LogP contribution is -2.48. The zero-order chi connectivity index (χ0) is 24.4. The lowest BCUT2D eigenvalue weighted by atomic mass is 10.1. The van der Waals surface area contributed by atoms with Crippen molar-refractivity contribution in [1.29, 1.82) is 0 Å². The van der Waals surface area contributed by atoms with Gasteiger partial charge in [0.15, 0.2) is 5.01 Å². The number of para-hydroxylation sites is 1. The molecule has 0 aliphatic carbocycles. The molecule has 35 heavy (non-hydrogen) atoms. The van der Waals surface area contributed by atoms with E-state index >= 15 is 0 Å². The topological polar surface area (TPSA) is 89.3 Å². The number of rotatable bonds is 6. The third kappa shape index (κ3) is 4.75. The maximum Gasteiger partial charge on any atom is 0.275 e. The van der Waals surface area contributed by atoms with Gasteiger partial charge < -0.3 is 14.4 Å². The second kappa shape index (κ2) is 9.85. The Morgan fingerprint density at radius 1 is 1.00 bits per heavy atom. The van der Waals surface area contributed by atoms with Gasteiger partial charge in [0.05, 0.1) is 25.5 Å². The second-order valence-corrected chi connectivity index (χ2v) is 9.14. The highest BCUT2D eigenvalue weighted by molar-refractivity contribution is 7.19. The number of fused-ring (bicyclic) bond motifs is 1. The molecule has 1 fully saturated rings. The van der Waals surface area contributed by atoms with Gasteiger partial charge in [0.2, 0.25) is 4.96 Å². The van der Waals surface area contributed by atoms with Gasteiger partial charge in [0, 0.05) is 44.4 Å². The van der Waals surface area contributed by atoms with Crippen molar-refractivity contribution < 1.29 is 14.3 Å². The number of hydrogen-bond acceptors (Lipinski definition) is 8. The van der Waals surface area contributed by atoms with Crippen LogP contribution in [0, 0.1) is 0 Å². The zero-order valence-corrected chi connectivity index (χ0v) is 20.3. The Kier molecular flexibility index (Phi) is 6.47. The molecule has 5 rings (SSSR count). The van der Waals surface area contributed by atoms with Gasteiger partial charge in [-0.1, -0.05) is 23.5 Å². The predicted octanol–water partition coefficient (Wildman–Crippen LogP) is 2.79. The van der Waals surface area contributed by atoms with E-state index in [1.807, 2.05) is 29.2 Å². The Morgan fingerprint density at radius 2 is 1.74 bits per heavy atom. The second-order valence-electron chi connectivity index (χ2n) is 8.18. The molecule has 0 saturated carbocycles. The first-order valence-corrected chi connectivity index (χ1v) is 12.1. The monoisotopic (exact) mass is 491 g/mol. The highest BCUT2D eigenvalue weighted by Crippen LogP contribution is 2.32. The number of methoxy groups -OCH3 is 2. The van der Waals surface area contributed by atoms with Crippen molar-refractivity contribution in [3.05, 3.63) is 76.2 Å². The number of hydrogen-bond donors (Lipinski definition) is 0. The van der Waals surface area contributed by atoms with E-state index in [0.29, 0.717) is 59.7 Å². The molecule has 0 spiro atoms. The van der Waals surface area contributed by atoms with Crippen molar-refractivity contribution >= 4 is 22.2 Å². The van der Waals surface area contributed by atoms with Crippen molar-refractivity contribution in [1.82, 2.24) is 24.4 Å². The van der Waals surface area contributed by atoms with Gasteiger partial charge in [-0.3, -0.25) is 14.5 Å². The van der Waals surface area contributed by atoms with Crippen molar-refractivity contribution in [2.45, 2.75) is 6.54 Å². The van der Waals surface area contributed by atoms with Crippen LogP contribution < -0.4 is 15.0 Å². The standard InChI is InChI=1S/C25H25N5O4S/c1-33-19-9-7-17(8-10-19)24(32)29-13-11-28(12-14-29)16-18-15-22(31)30-25(26-18)35-23(27-30)20-5-3-4-6-21(20)34-2/h3-10,15H,11-14,16H2,1-2H3. The maximum absolute atomic E-state index is 12.8. The average Bonchev–Trinajstić information content (AvgIpc) is 3.33. The van der Waals surface area contributed by atoms with Crippen LogP contribution in [-0.2, 0) is 6.54 Å². The molecule has 2 aromatic heterocycles. The Labute approximate surface area is 206 Å². The number of carbonyl (C=O) groups is 1. The predicted molar refractivity (Wildman–Crippen MR) is 133 cm³/mol. The van der Waals surface area contributed by atoms with E-state index in [2.05, 4.69) is 10.00 Å². The zero-order valence-electron chi connectivity index (χ0n) is 19.5. The van der Waals surface area contributed by atoms with Gasteiger partial charge in [-0.25, -0.2) is 4.98 Å². The molecule has 1 aliphatic heterocycles. The van der Waals surface area contributed by atoms with E-state index in [4.69, 9.17) is 14.5 Å². The summed E-state index contributed by atoms with van der Waals surface area (Å²) in [7, 11) is 3.21. The number of aromatic nitrogens is 3. The van der Waals surface area contributed by atoms with E-state index in [1.165, 1.54) is 21.9 Å². The minimum atomic E-state index is -0.212. The fourth-order valence-electron chi connectivity index (χ4n) is 4.12. The van der Waals surface area contributed by atoms with E-state index in [-0.39, 0.29) is 11.5 Å². The minimum Gasteiger partial charge on any atom is -0.497 e. The summed E-state index contributed by atoms with van der Waals surface area (Å²) in [5.74, 6) is 1.43. The third-order valence-electron chi connectivity index (χ3n) is 6.02. The van der Waals surface area contributed by atoms with Crippen molar-refractivity contribution in [2.24, 2.45) is 0 Å². The molecule has 0 radical (unpaired) electrons. The molecule has 0 N–H and O–H groups in total. The van der Waals surface area contributed by atoms with E-state index < -0.39 is 0 Å². The third-order valence-corrected chi connectivity index (χ3v) is 6.96. The largest absolute Gasteiger partial charge is 0.497 e. The van der Waals surface area contributed by atoms with Gasteiger partial charge in [-0.15, -0.1) is 0 Å². The van der Waals surface area contributed by atoms with Gasteiger partial charge >= 0.3 is 0 Å². The van der Waals surface area contributed by atoms with Crippen LogP contribution in [0.1, 0.15) is 16.1 Å². The molecule has 1 saturated heterocycles. The molecule has 0 unspecified atom stereocenters. The SMILES string of the molecule is COc1ccc(C(=O)N2CCN(Cc3cc(=O)n4nc(-c5ccccc5OC)sc4n3)CC2)cc1. The molecular formula is C25H25N5O4S. The van der Waals surface area contributed by atoms with Crippen molar-refractivity contribution in [3.63, 3.8) is 0 Å². The molecular weight excluding hydrogens is 466 g/mol. The minimum absolute atomic E-state index is 0.0126. The summed E-state index contributed by atoms with van der Waals surface area (Å²) in [6.07, 6.45) is 0. The van der Waals surface area contributed by atoms with Crippen LogP contribution in [0.3, 0.4) is 0 Å². The average molecular weight is 492 g/mol. The first-order valence-electron chi connectivity index (χ1n) is 11.2. The number of benzene rings is 2. The Morgan fingerprint density at radius 3 is 2.46 bits per heavy atom. The summed E-state index contributed by atoms with van der Waals surface area (Å²) < 4.78 is 11.9. The summed E-state index contributed by atoms with van der Waals surface area (Å²) in [5.41, 5.74) is 1.95. The van der Waals surface area contributed by atoms with Crippen LogP contribution in [0.4, 0.5) is 0 Å². The molecule has 1 amide bonds. The molecule has 2 aromatic carbocycles. The van der Waals surface area contributed by atoms with Crippen LogP contribution in [0.2, 0.25) is 0 Å². The summed E-state index contributed by atoms with van der Waals surface area (Å²) in [4.78, 5) is 34.9. The van der Waals surface area contributed by atoms with Crippen molar-refractivity contribution in [2.75, 3.05) is 40.4 Å². The first-order chi connectivity index (χ1) is 17.1. The van der Waals surface area contributed by atoms with Gasteiger partial charge in [-0.05, 0) is 36.4 Å². The van der Waals surface area contributed by atoms with Crippen LogP contribution in [-0.4, -0.2) is 70.7 Å². The lowest BCUT2D eigenvalue weighted by Gasteiger charge is -2.34. The van der Waals surface area contributed by atoms with E-state index in [9.17, 15) is 9.59 Å².